The van der Waals surface area contributed by atoms with Gasteiger partial charge in [0.05, 0.1) is 0 Å². The number of hydrogen-bond donors (Lipinski definition) is 0. The predicted molar refractivity (Wildman–Crippen MR) is 242 cm³/mol. The van der Waals surface area contributed by atoms with Crippen molar-refractivity contribution in [2.75, 3.05) is 13.2 Å². The van der Waals surface area contributed by atoms with E-state index in [9.17, 15) is 14.4 Å². The molecule has 0 saturated carbocycles. The number of unbranched alkanes of at least 4 members (excludes halogenated alkanes) is 13. The van der Waals surface area contributed by atoms with Crippen LogP contribution in [0, 0.1) is 0 Å². The maximum absolute atomic E-state index is 12.7. The Labute approximate surface area is 349 Å². The van der Waals surface area contributed by atoms with E-state index in [2.05, 4.69) is 118 Å². The molecule has 0 N–H and O–H groups in total. The Morgan fingerprint density at radius 1 is 0.386 bits per heavy atom. The first-order valence-corrected chi connectivity index (χ1v) is 22.8. The molecule has 0 aliphatic rings. The summed E-state index contributed by atoms with van der Waals surface area (Å²) in [7, 11) is 0. The smallest absolute Gasteiger partial charge is 0.306 e. The van der Waals surface area contributed by atoms with E-state index in [4.69, 9.17) is 14.2 Å². The molecule has 0 aliphatic carbocycles. The van der Waals surface area contributed by atoms with Gasteiger partial charge in [0, 0.05) is 19.3 Å². The monoisotopic (exact) mass is 791 g/mol. The molecular weight excluding hydrogens is 709 g/mol. The molecule has 0 aromatic carbocycles. The van der Waals surface area contributed by atoms with Crippen molar-refractivity contribution in [1.82, 2.24) is 0 Å². The van der Waals surface area contributed by atoms with Crippen molar-refractivity contribution in [2.24, 2.45) is 0 Å². The number of rotatable bonds is 39. The van der Waals surface area contributed by atoms with E-state index in [-0.39, 0.29) is 44.0 Å². The van der Waals surface area contributed by atoms with Crippen LogP contribution in [0.25, 0.3) is 0 Å². The number of carbonyl (C=O) groups excluding carboxylic acids is 3. The van der Waals surface area contributed by atoms with Crippen LogP contribution in [0.5, 0.6) is 0 Å². The van der Waals surface area contributed by atoms with Gasteiger partial charge in [0.25, 0.3) is 0 Å². The highest BCUT2D eigenvalue weighted by atomic mass is 16.6. The molecule has 6 nitrogen and oxygen atoms in total. The third-order valence-corrected chi connectivity index (χ3v) is 9.07. The zero-order valence-electron chi connectivity index (χ0n) is 36.6. The Bertz CT molecular complexity index is 1180. The molecule has 1 atom stereocenters. The van der Waals surface area contributed by atoms with Crippen LogP contribution in [-0.2, 0) is 28.6 Å². The number of esters is 3. The van der Waals surface area contributed by atoms with Crippen molar-refractivity contribution in [2.45, 2.75) is 194 Å². The fourth-order valence-corrected chi connectivity index (χ4v) is 5.63. The first-order chi connectivity index (χ1) is 28.0. The SMILES string of the molecule is CC/C=C\C/C=C\C/C=C\CCCC(=O)OC(COC(=O)CCC/C=C\C/C=C\C/C=C\CCCCCCCC)COC(=O)CCCCC/C=C\C=C/CCCC. The Hall–Kier alpha value is -3.67. The molecule has 0 aromatic rings. The number of hydrogen-bond acceptors (Lipinski definition) is 6. The van der Waals surface area contributed by atoms with Gasteiger partial charge in [-0.15, -0.1) is 0 Å². The normalized spacial score (nSPS) is 13.0. The van der Waals surface area contributed by atoms with E-state index < -0.39 is 6.10 Å². The van der Waals surface area contributed by atoms with Gasteiger partial charge < -0.3 is 14.2 Å². The van der Waals surface area contributed by atoms with Crippen molar-refractivity contribution < 1.29 is 28.6 Å². The quantitative estimate of drug-likeness (QED) is 0.0203. The zero-order valence-corrected chi connectivity index (χ0v) is 36.6. The molecule has 57 heavy (non-hydrogen) atoms. The minimum Gasteiger partial charge on any atom is -0.462 e. The Balaban J connectivity index is 4.54. The molecule has 0 radical (unpaired) electrons. The molecule has 0 aliphatic heterocycles. The second kappa shape index (κ2) is 45.0. The van der Waals surface area contributed by atoms with E-state index in [1.807, 2.05) is 0 Å². The molecule has 0 amide bonds. The van der Waals surface area contributed by atoms with Crippen LogP contribution >= 0.6 is 0 Å². The summed E-state index contributed by atoms with van der Waals surface area (Å²) in [5.74, 6) is -1.08. The van der Waals surface area contributed by atoms with E-state index in [1.54, 1.807) is 0 Å². The number of allylic oxidation sites excluding steroid dienone is 16. The van der Waals surface area contributed by atoms with Gasteiger partial charge in [-0.05, 0) is 96.3 Å². The highest BCUT2D eigenvalue weighted by molar-refractivity contribution is 5.71. The van der Waals surface area contributed by atoms with Gasteiger partial charge in [-0.1, -0.05) is 169 Å². The first-order valence-electron chi connectivity index (χ1n) is 22.8. The van der Waals surface area contributed by atoms with Gasteiger partial charge in [0.2, 0.25) is 0 Å². The molecule has 0 aromatic heterocycles. The van der Waals surface area contributed by atoms with Crippen LogP contribution in [0.15, 0.2) is 97.2 Å². The van der Waals surface area contributed by atoms with Gasteiger partial charge in [0.1, 0.15) is 13.2 Å². The van der Waals surface area contributed by atoms with Crippen LogP contribution < -0.4 is 0 Å². The summed E-state index contributed by atoms with van der Waals surface area (Å²) >= 11 is 0. The van der Waals surface area contributed by atoms with Gasteiger partial charge >= 0.3 is 17.9 Å². The van der Waals surface area contributed by atoms with Crippen LogP contribution in [-0.4, -0.2) is 37.2 Å². The topological polar surface area (TPSA) is 78.9 Å². The summed E-state index contributed by atoms with van der Waals surface area (Å²) in [5, 5.41) is 0. The predicted octanol–water partition coefficient (Wildman–Crippen LogP) is 14.6. The summed E-state index contributed by atoms with van der Waals surface area (Å²) in [5.41, 5.74) is 0. The molecule has 0 fully saturated rings. The molecule has 322 valence electrons. The Kier molecular flexibility index (Phi) is 42.1. The van der Waals surface area contributed by atoms with Crippen LogP contribution in [0.1, 0.15) is 188 Å². The lowest BCUT2D eigenvalue weighted by molar-refractivity contribution is -0.167. The van der Waals surface area contributed by atoms with Crippen LogP contribution in [0.4, 0.5) is 0 Å². The molecule has 6 heteroatoms. The minimum absolute atomic E-state index is 0.129. The minimum atomic E-state index is -0.833. The zero-order chi connectivity index (χ0) is 41.5. The van der Waals surface area contributed by atoms with E-state index in [1.165, 1.54) is 57.8 Å². The second-order valence-electron chi connectivity index (χ2n) is 14.6. The lowest BCUT2D eigenvalue weighted by Crippen LogP contribution is -2.30. The van der Waals surface area contributed by atoms with Crippen molar-refractivity contribution in [3.8, 4) is 0 Å². The van der Waals surface area contributed by atoms with E-state index in [0.717, 1.165) is 77.0 Å². The molecule has 0 rings (SSSR count). The largest absolute Gasteiger partial charge is 0.462 e. The van der Waals surface area contributed by atoms with Crippen molar-refractivity contribution in [1.29, 1.82) is 0 Å². The van der Waals surface area contributed by atoms with Gasteiger partial charge in [0.15, 0.2) is 6.10 Å². The van der Waals surface area contributed by atoms with Crippen molar-refractivity contribution >= 4 is 17.9 Å². The highest BCUT2D eigenvalue weighted by Gasteiger charge is 2.19. The molecule has 0 spiro atoms. The molecule has 1 unspecified atom stereocenters. The van der Waals surface area contributed by atoms with Gasteiger partial charge in [-0.25, -0.2) is 0 Å². The average Bonchev–Trinajstić information content (AvgIpc) is 3.21. The third-order valence-electron chi connectivity index (χ3n) is 9.07. The lowest BCUT2D eigenvalue weighted by atomic mass is 10.1. The Morgan fingerprint density at radius 3 is 1.30 bits per heavy atom. The summed E-state index contributed by atoms with van der Waals surface area (Å²) < 4.78 is 16.6. The fraction of sp³-hybridized carbons (Fsp3) is 0.627. The summed E-state index contributed by atoms with van der Waals surface area (Å²) in [6, 6.07) is 0. The van der Waals surface area contributed by atoms with Gasteiger partial charge in [-0.2, -0.15) is 0 Å². The standard InChI is InChI=1S/C51H82O6/c1-4-7-10-13-16-19-22-23-24-25-26-27-30-32-35-38-41-44-50(53)56-47-48(57-51(54)45-42-39-36-33-29-21-18-15-12-9-6-3)46-55-49(52)43-40-37-34-31-28-20-17-14-11-8-5-2/h9,12,14,17-18,20-21,23-24,26-28,32-33,35-36,48H,4-8,10-11,13,15-16,19,22,25,29-31,34,37-47H2,1-3H3/b12-9-,17-14-,21-18-,24-23-,27-26-,28-20-,35-32-,36-33-. The van der Waals surface area contributed by atoms with Crippen LogP contribution in [0.3, 0.4) is 0 Å². The van der Waals surface area contributed by atoms with Gasteiger partial charge in [-0.3, -0.25) is 14.4 Å². The summed E-state index contributed by atoms with van der Waals surface area (Å²) in [6.07, 6.45) is 58.4. The lowest BCUT2D eigenvalue weighted by Gasteiger charge is -2.18. The molecular formula is C51H82O6. The maximum atomic E-state index is 12.7. The van der Waals surface area contributed by atoms with E-state index in [0.29, 0.717) is 19.3 Å². The second-order valence-corrected chi connectivity index (χ2v) is 14.6. The summed E-state index contributed by atoms with van der Waals surface area (Å²) in [6.45, 7) is 6.31. The Morgan fingerprint density at radius 2 is 0.772 bits per heavy atom. The van der Waals surface area contributed by atoms with E-state index >= 15 is 0 Å². The molecule has 0 heterocycles. The van der Waals surface area contributed by atoms with Crippen molar-refractivity contribution in [3.05, 3.63) is 97.2 Å². The first kappa shape index (κ1) is 53.3. The van der Waals surface area contributed by atoms with Crippen molar-refractivity contribution in [3.63, 3.8) is 0 Å². The number of ether oxygens (including phenoxy) is 3. The average molecular weight is 791 g/mol. The maximum Gasteiger partial charge on any atom is 0.306 e. The summed E-state index contributed by atoms with van der Waals surface area (Å²) in [4.78, 5) is 37.6. The fourth-order valence-electron chi connectivity index (χ4n) is 5.63. The molecule has 0 bridgehead atoms. The highest BCUT2D eigenvalue weighted by Crippen LogP contribution is 2.10. The number of carbonyl (C=O) groups is 3. The van der Waals surface area contributed by atoms with Crippen LogP contribution in [0.2, 0.25) is 0 Å². The molecule has 0 saturated heterocycles. The third kappa shape index (κ3) is 43.3.